The summed E-state index contributed by atoms with van der Waals surface area (Å²) < 4.78 is 5.39. The van der Waals surface area contributed by atoms with Crippen molar-refractivity contribution in [2.24, 2.45) is 0 Å². The van der Waals surface area contributed by atoms with Gasteiger partial charge in [0.2, 0.25) is 0 Å². The molecule has 0 fully saturated rings. The van der Waals surface area contributed by atoms with Crippen LogP contribution in [0.5, 0.6) is 5.75 Å². The van der Waals surface area contributed by atoms with Crippen LogP contribution in [0.15, 0.2) is 54.6 Å². The van der Waals surface area contributed by atoms with Gasteiger partial charge in [-0.2, -0.15) is 0 Å². The van der Waals surface area contributed by atoms with E-state index >= 15 is 0 Å². The maximum Gasteiger partial charge on any atom is 0.257 e. The summed E-state index contributed by atoms with van der Waals surface area (Å²) in [4.78, 5) is 11.7. The number of aliphatic hydroxyl groups excluding tert-OH is 1. The highest BCUT2D eigenvalue weighted by Gasteiger charge is 2.02. The van der Waals surface area contributed by atoms with Crippen LogP contribution in [0.3, 0.4) is 0 Å². The number of hydrogen-bond acceptors (Lipinski definition) is 3. The van der Waals surface area contributed by atoms with Crippen molar-refractivity contribution in [2.45, 2.75) is 19.4 Å². The van der Waals surface area contributed by atoms with E-state index in [9.17, 15) is 4.79 Å². The second kappa shape index (κ2) is 8.85. The molecule has 0 aliphatic carbocycles. The van der Waals surface area contributed by atoms with E-state index < -0.39 is 0 Å². The number of aryl methyl sites for hydroxylation is 1. The smallest absolute Gasteiger partial charge is 0.257 e. The molecule has 0 heterocycles. The topological polar surface area (TPSA) is 58.6 Å². The van der Waals surface area contributed by atoms with Crippen LogP contribution in [0.2, 0.25) is 0 Å². The summed E-state index contributed by atoms with van der Waals surface area (Å²) >= 11 is 0. The van der Waals surface area contributed by atoms with Gasteiger partial charge in [-0.25, -0.2) is 0 Å². The van der Waals surface area contributed by atoms with Gasteiger partial charge in [-0.3, -0.25) is 4.79 Å². The third kappa shape index (κ3) is 5.58. The fraction of sp³-hybridized carbons (Fsp3) is 0.278. The Hall–Kier alpha value is -2.33. The number of carbonyl (C=O) groups excluding carboxylic acids is 1. The number of amides is 1. The zero-order valence-corrected chi connectivity index (χ0v) is 12.5. The zero-order chi connectivity index (χ0) is 15.6. The lowest BCUT2D eigenvalue weighted by atomic mass is 10.1. The summed E-state index contributed by atoms with van der Waals surface area (Å²) in [5, 5.41) is 11.8. The third-order valence-electron chi connectivity index (χ3n) is 3.28. The summed E-state index contributed by atoms with van der Waals surface area (Å²) in [5.74, 6) is 0.496. The van der Waals surface area contributed by atoms with Gasteiger partial charge in [0, 0.05) is 6.54 Å². The third-order valence-corrected chi connectivity index (χ3v) is 3.28. The van der Waals surface area contributed by atoms with Crippen LogP contribution >= 0.6 is 0 Å². The summed E-state index contributed by atoms with van der Waals surface area (Å²) in [6.07, 6.45) is 1.85. The maximum absolute atomic E-state index is 11.7. The Kier molecular flexibility index (Phi) is 6.45. The Bertz CT molecular complexity index is 567. The van der Waals surface area contributed by atoms with Gasteiger partial charge in [0.1, 0.15) is 5.75 Å². The predicted molar refractivity (Wildman–Crippen MR) is 85.6 cm³/mol. The van der Waals surface area contributed by atoms with Crippen LogP contribution < -0.4 is 10.1 Å². The predicted octanol–water partition coefficient (Wildman–Crippen LogP) is 2.31. The molecule has 4 heteroatoms. The molecule has 0 aromatic heterocycles. The molecule has 0 saturated carbocycles. The molecule has 0 spiro atoms. The van der Waals surface area contributed by atoms with Crippen molar-refractivity contribution in [1.82, 2.24) is 5.32 Å². The second-order valence-corrected chi connectivity index (χ2v) is 5.03. The molecular formula is C18H21NO3. The Morgan fingerprint density at radius 1 is 1.00 bits per heavy atom. The minimum absolute atomic E-state index is 0.00216. The average Bonchev–Trinajstić information content (AvgIpc) is 2.58. The van der Waals surface area contributed by atoms with Crippen molar-refractivity contribution in [3.05, 3.63) is 65.7 Å². The highest BCUT2D eigenvalue weighted by atomic mass is 16.5. The van der Waals surface area contributed by atoms with Gasteiger partial charge < -0.3 is 15.2 Å². The van der Waals surface area contributed by atoms with Crippen molar-refractivity contribution >= 4 is 5.91 Å². The standard InChI is InChI=1S/C18H21NO3/c20-13-16-8-10-17(11-9-16)22-14-18(21)19-12-4-7-15-5-2-1-3-6-15/h1-3,5-6,8-11,20H,4,7,12-14H2,(H,19,21). The fourth-order valence-electron chi connectivity index (χ4n) is 2.06. The van der Waals surface area contributed by atoms with E-state index in [0.29, 0.717) is 12.3 Å². The molecule has 4 nitrogen and oxygen atoms in total. The number of benzene rings is 2. The van der Waals surface area contributed by atoms with Gasteiger partial charge in [-0.15, -0.1) is 0 Å². The molecule has 0 aliphatic rings. The summed E-state index contributed by atoms with van der Waals surface area (Å²) in [6.45, 7) is 0.645. The van der Waals surface area contributed by atoms with E-state index in [1.807, 2.05) is 18.2 Å². The van der Waals surface area contributed by atoms with Crippen LogP contribution in [0.1, 0.15) is 17.5 Å². The molecular weight excluding hydrogens is 278 g/mol. The Balaban J connectivity index is 1.61. The highest BCUT2D eigenvalue weighted by molar-refractivity contribution is 5.77. The van der Waals surface area contributed by atoms with E-state index in [1.54, 1.807) is 24.3 Å². The largest absolute Gasteiger partial charge is 0.484 e. The van der Waals surface area contributed by atoms with Crippen molar-refractivity contribution in [3.8, 4) is 5.75 Å². The van der Waals surface area contributed by atoms with E-state index in [2.05, 4.69) is 17.4 Å². The first kappa shape index (κ1) is 16.0. The lowest BCUT2D eigenvalue weighted by Gasteiger charge is -2.08. The zero-order valence-electron chi connectivity index (χ0n) is 12.5. The molecule has 0 unspecified atom stereocenters. The minimum atomic E-state index is -0.126. The fourth-order valence-corrected chi connectivity index (χ4v) is 2.06. The van der Waals surface area contributed by atoms with Crippen molar-refractivity contribution in [2.75, 3.05) is 13.2 Å². The molecule has 2 rings (SSSR count). The molecule has 0 atom stereocenters. The number of ether oxygens (including phenoxy) is 1. The number of rotatable bonds is 8. The van der Waals surface area contributed by atoms with E-state index in [1.165, 1.54) is 5.56 Å². The van der Waals surface area contributed by atoms with Crippen LogP contribution in [0, 0.1) is 0 Å². The quantitative estimate of drug-likeness (QED) is 0.735. The summed E-state index contributed by atoms with van der Waals surface area (Å²) in [7, 11) is 0. The first-order valence-electron chi connectivity index (χ1n) is 7.41. The van der Waals surface area contributed by atoms with Crippen molar-refractivity contribution < 1.29 is 14.6 Å². The molecule has 22 heavy (non-hydrogen) atoms. The van der Waals surface area contributed by atoms with Crippen LogP contribution in [0.25, 0.3) is 0 Å². The number of carbonyl (C=O) groups is 1. The highest BCUT2D eigenvalue weighted by Crippen LogP contribution is 2.11. The lowest BCUT2D eigenvalue weighted by Crippen LogP contribution is -2.29. The maximum atomic E-state index is 11.7. The van der Waals surface area contributed by atoms with Crippen LogP contribution in [-0.4, -0.2) is 24.2 Å². The Morgan fingerprint density at radius 3 is 2.41 bits per heavy atom. The Labute approximate surface area is 130 Å². The molecule has 0 saturated heterocycles. The molecule has 0 radical (unpaired) electrons. The number of hydrogen-bond donors (Lipinski definition) is 2. The average molecular weight is 299 g/mol. The summed E-state index contributed by atoms with van der Waals surface area (Å²) in [6, 6.07) is 17.2. The van der Waals surface area contributed by atoms with Gasteiger partial charge in [0.15, 0.2) is 6.61 Å². The number of nitrogens with one attached hydrogen (secondary N) is 1. The minimum Gasteiger partial charge on any atom is -0.484 e. The van der Waals surface area contributed by atoms with Gasteiger partial charge in [-0.05, 0) is 36.1 Å². The van der Waals surface area contributed by atoms with Crippen LogP contribution in [-0.2, 0) is 17.8 Å². The van der Waals surface area contributed by atoms with Crippen LogP contribution in [0.4, 0.5) is 0 Å². The SMILES string of the molecule is O=C(COc1ccc(CO)cc1)NCCCc1ccccc1. The van der Waals surface area contributed by atoms with Gasteiger partial charge in [-0.1, -0.05) is 42.5 Å². The van der Waals surface area contributed by atoms with E-state index in [4.69, 9.17) is 9.84 Å². The normalized spacial score (nSPS) is 10.2. The Morgan fingerprint density at radius 2 is 1.73 bits per heavy atom. The van der Waals surface area contributed by atoms with Crippen molar-refractivity contribution in [3.63, 3.8) is 0 Å². The monoisotopic (exact) mass is 299 g/mol. The number of aliphatic hydroxyl groups is 1. The molecule has 116 valence electrons. The van der Waals surface area contributed by atoms with E-state index in [0.717, 1.165) is 18.4 Å². The lowest BCUT2D eigenvalue weighted by molar-refractivity contribution is -0.123. The molecule has 2 aromatic carbocycles. The molecule has 0 aliphatic heterocycles. The van der Waals surface area contributed by atoms with Gasteiger partial charge in [0.05, 0.1) is 6.61 Å². The van der Waals surface area contributed by atoms with Gasteiger partial charge >= 0.3 is 0 Å². The first-order valence-corrected chi connectivity index (χ1v) is 7.41. The molecule has 2 aromatic rings. The van der Waals surface area contributed by atoms with Crippen molar-refractivity contribution in [1.29, 1.82) is 0 Å². The van der Waals surface area contributed by atoms with E-state index in [-0.39, 0.29) is 19.1 Å². The first-order chi connectivity index (χ1) is 10.8. The second-order valence-electron chi connectivity index (χ2n) is 5.03. The summed E-state index contributed by atoms with van der Waals surface area (Å²) in [5.41, 5.74) is 2.09. The van der Waals surface area contributed by atoms with Gasteiger partial charge in [0.25, 0.3) is 5.91 Å². The molecule has 1 amide bonds. The molecule has 0 bridgehead atoms. The molecule has 2 N–H and O–H groups in total.